The van der Waals surface area contributed by atoms with Gasteiger partial charge in [0.1, 0.15) is 9.84 Å². The Morgan fingerprint density at radius 2 is 2.00 bits per heavy atom. The van der Waals surface area contributed by atoms with E-state index in [-0.39, 0.29) is 11.2 Å². The van der Waals surface area contributed by atoms with Gasteiger partial charge in [0.25, 0.3) is 0 Å². The molecule has 112 valence electrons. The molecule has 0 aromatic carbocycles. The van der Waals surface area contributed by atoms with Crippen LogP contribution in [0.2, 0.25) is 0 Å². The van der Waals surface area contributed by atoms with Gasteiger partial charge in [-0.25, -0.2) is 8.42 Å². The Bertz CT molecular complexity index is 412. The Kier molecular flexibility index (Phi) is 5.64. The summed E-state index contributed by atoms with van der Waals surface area (Å²) in [5.74, 6) is 1.07. The maximum absolute atomic E-state index is 11.2. The second-order valence-corrected chi connectivity index (χ2v) is 8.42. The van der Waals surface area contributed by atoms with Crippen molar-refractivity contribution in [1.82, 2.24) is 10.6 Å². The Morgan fingerprint density at radius 1 is 1.37 bits per heavy atom. The highest BCUT2D eigenvalue weighted by Gasteiger charge is 2.23. The predicted octanol–water partition coefficient (Wildman–Crippen LogP) is 1.16. The van der Waals surface area contributed by atoms with Crippen LogP contribution in [0.15, 0.2) is 4.99 Å². The topological polar surface area (TPSA) is 70.6 Å². The first-order valence-electron chi connectivity index (χ1n) is 6.94. The van der Waals surface area contributed by atoms with E-state index < -0.39 is 9.84 Å². The lowest BCUT2D eigenvalue weighted by Gasteiger charge is -2.22. The van der Waals surface area contributed by atoms with Crippen molar-refractivity contribution in [1.29, 1.82) is 0 Å². The number of nitrogens with zero attached hydrogens (tertiary/aromatic N) is 1. The molecule has 1 rings (SSSR count). The normalized spacial score (nSPS) is 17.4. The molecule has 0 spiro atoms. The van der Waals surface area contributed by atoms with Crippen LogP contribution in [0.4, 0.5) is 0 Å². The number of hydrogen-bond donors (Lipinski definition) is 2. The summed E-state index contributed by atoms with van der Waals surface area (Å²) in [5.41, 5.74) is -0.102. The van der Waals surface area contributed by atoms with Gasteiger partial charge in [-0.2, -0.15) is 0 Å². The van der Waals surface area contributed by atoms with E-state index >= 15 is 0 Å². The summed E-state index contributed by atoms with van der Waals surface area (Å²) in [6, 6.07) is 0.567. The molecule has 1 saturated carbocycles. The minimum absolute atomic E-state index is 0.102. The number of guanidine groups is 1. The van der Waals surface area contributed by atoms with E-state index in [2.05, 4.69) is 29.5 Å². The zero-order valence-electron chi connectivity index (χ0n) is 12.5. The molecule has 1 aliphatic carbocycles. The fraction of sp³-hybridized carbons (Fsp3) is 0.923. The van der Waals surface area contributed by atoms with Gasteiger partial charge in [0.2, 0.25) is 0 Å². The third-order valence-corrected chi connectivity index (χ3v) is 4.02. The van der Waals surface area contributed by atoms with Crippen LogP contribution in [-0.2, 0) is 9.84 Å². The molecule has 0 bridgehead atoms. The van der Waals surface area contributed by atoms with Crippen LogP contribution in [0.3, 0.4) is 0 Å². The molecule has 2 N–H and O–H groups in total. The summed E-state index contributed by atoms with van der Waals surface area (Å²) in [6.45, 7) is 7.62. The van der Waals surface area contributed by atoms with Crippen LogP contribution in [0.25, 0.3) is 0 Å². The van der Waals surface area contributed by atoms with Crippen LogP contribution in [0.5, 0.6) is 0 Å². The average Bonchev–Trinajstić information content (AvgIpc) is 3.07. The molecule has 0 unspecified atom stereocenters. The third kappa shape index (κ3) is 8.08. The molecular formula is C13H27N3O2S. The Labute approximate surface area is 117 Å². The molecular weight excluding hydrogens is 262 g/mol. The summed E-state index contributed by atoms with van der Waals surface area (Å²) >= 11 is 0. The van der Waals surface area contributed by atoms with Crippen LogP contribution < -0.4 is 10.6 Å². The Hall–Kier alpha value is -0.780. The van der Waals surface area contributed by atoms with Gasteiger partial charge >= 0.3 is 0 Å². The van der Waals surface area contributed by atoms with Gasteiger partial charge in [-0.1, -0.05) is 13.8 Å². The standard InChI is InChI=1S/C13H27N3O2S/c1-5-14-12(16-11-6-7-11)15-10-13(2,3)8-9-19(4,17)18/h11H,5-10H2,1-4H3,(H2,14,15,16). The minimum atomic E-state index is -2.89. The Balaban J connectivity index is 2.48. The van der Waals surface area contributed by atoms with E-state index in [1.807, 2.05) is 6.92 Å². The van der Waals surface area contributed by atoms with Crippen LogP contribution in [0, 0.1) is 5.41 Å². The van der Waals surface area contributed by atoms with Crippen molar-refractivity contribution in [2.45, 2.75) is 46.1 Å². The quantitative estimate of drug-likeness (QED) is 0.545. The second kappa shape index (κ2) is 6.59. The fourth-order valence-corrected chi connectivity index (χ4v) is 2.50. The highest BCUT2D eigenvalue weighted by Crippen LogP contribution is 2.22. The SMILES string of the molecule is CCNC(=NCC(C)(C)CCS(C)(=O)=O)NC1CC1. The van der Waals surface area contributed by atoms with Gasteiger partial charge in [0.15, 0.2) is 5.96 Å². The number of hydrogen-bond acceptors (Lipinski definition) is 3. The predicted molar refractivity (Wildman–Crippen MR) is 80.2 cm³/mol. The van der Waals surface area contributed by atoms with E-state index in [4.69, 9.17) is 0 Å². The van der Waals surface area contributed by atoms with E-state index in [1.54, 1.807) is 0 Å². The molecule has 1 aliphatic rings. The Morgan fingerprint density at radius 3 is 2.47 bits per heavy atom. The minimum Gasteiger partial charge on any atom is -0.357 e. The zero-order valence-corrected chi connectivity index (χ0v) is 13.3. The van der Waals surface area contributed by atoms with Crippen molar-refractivity contribution in [3.05, 3.63) is 0 Å². The first-order valence-corrected chi connectivity index (χ1v) is 9.00. The lowest BCUT2D eigenvalue weighted by atomic mass is 9.90. The molecule has 0 radical (unpaired) electrons. The molecule has 0 saturated heterocycles. The van der Waals surface area contributed by atoms with E-state index in [0.29, 0.717) is 19.0 Å². The fourth-order valence-electron chi connectivity index (χ4n) is 1.57. The van der Waals surface area contributed by atoms with Crippen molar-refractivity contribution in [3.63, 3.8) is 0 Å². The molecule has 0 aromatic rings. The van der Waals surface area contributed by atoms with E-state index in [9.17, 15) is 8.42 Å². The van der Waals surface area contributed by atoms with Crippen molar-refractivity contribution in [3.8, 4) is 0 Å². The van der Waals surface area contributed by atoms with Gasteiger partial charge in [0, 0.05) is 25.4 Å². The first-order chi connectivity index (χ1) is 8.72. The lowest BCUT2D eigenvalue weighted by Crippen LogP contribution is -2.39. The summed E-state index contributed by atoms with van der Waals surface area (Å²) < 4.78 is 22.4. The second-order valence-electron chi connectivity index (χ2n) is 6.16. The summed E-state index contributed by atoms with van der Waals surface area (Å²) in [4.78, 5) is 4.57. The van der Waals surface area contributed by atoms with Crippen LogP contribution in [0.1, 0.15) is 40.0 Å². The maximum Gasteiger partial charge on any atom is 0.191 e. The molecule has 19 heavy (non-hydrogen) atoms. The number of rotatable bonds is 7. The molecule has 0 heterocycles. The highest BCUT2D eigenvalue weighted by atomic mass is 32.2. The molecule has 0 amide bonds. The van der Waals surface area contributed by atoms with E-state index in [0.717, 1.165) is 12.5 Å². The van der Waals surface area contributed by atoms with Gasteiger partial charge in [0.05, 0.1) is 5.75 Å². The van der Waals surface area contributed by atoms with Crippen molar-refractivity contribution < 1.29 is 8.42 Å². The van der Waals surface area contributed by atoms with Gasteiger partial charge in [-0.3, -0.25) is 4.99 Å². The van der Waals surface area contributed by atoms with Gasteiger partial charge < -0.3 is 10.6 Å². The molecule has 6 heteroatoms. The molecule has 0 atom stereocenters. The number of aliphatic imine (C=N–C) groups is 1. The van der Waals surface area contributed by atoms with Gasteiger partial charge in [-0.15, -0.1) is 0 Å². The number of nitrogens with one attached hydrogen (secondary N) is 2. The van der Waals surface area contributed by atoms with Crippen LogP contribution >= 0.6 is 0 Å². The molecule has 1 fully saturated rings. The molecule has 0 aliphatic heterocycles. The van der Waals surface area contributed by atoms with Gasteiger partial charge in [-0.05, 0) is 31.6 Å². The lowest BCUT2D eigenvalue weighted by molar-refractivity contribution is 0.365. The number of sulfone groups is 1. The summed E-state index contributed by atoms with van der Waals surface area (Å²) in [5, 5.41) is 6.58. The van der Waals surface area contributed by atoms with Crippen LogP contribution in [-0.4, -0.2) is 45.5 Å². The average molecular weight is 289 g/mol. The summed E-state index contributed by atoms with van der Waals surface area (Å²) in [6.07, 6.45) is 4.34. The largest absolute Gasteiger partial charge is 0.357 e. The van der Waals surface area contributed by atoms with Crippen molar-refractivity contribution in [2.24, 2.45) is 10.4 Å². The van der Waals surface area contributed by atoms with Crippen molar-refractivity contribution in [2.75, 3.05) is 25.1 Å². The monoisotopic (exact) mass is 289 g/mol. The highest BCUT2D eigenvalue weighted by molar-refractivity contribution is 7.90. The molecule has 5 nitrogen and oxygen atoms in total. The zero-order chi connectivity index (χ0) is 14.5. The van der Waals surface area contributed by atoms with Crippen molar-refractivity contribution >= 4 is 15.8 Å². The summed E-state index contributed by atoms with van der Waals surface area (Å²) in [7, 11) is -2.89. The first kappa shape index (κ1) is 16.3. The molecule has 0 aromatic heterocycles. The maximum atomic E-state index is 11.2. The third-order valence-electron chi connectivity index (χ3n) is 3.08. The smallest absolute Gasteiger partial charge is 0.191 e. The van der Waals surface area contributed by atoms with E-state index in [1.165, 1.54) is 19.1 Å².